The molecule has 0 aliphatic heterocycles. The Kier molecular flexibility index (Phi) is 7.61. The van der Waals surface area contributed by atoms with Crippen LogP contribution in [-0.2, 0) is 0 Å². The van der Waals surface area contributed by atoms with Crippen molar-refractivity contribution in [3.63, 3.8) is 0 Å². The predicted octanol–water partition coefficient (Wildman–Crippen LogP) is 7.04. The highest BCUT2D eigenvalue weighted by Gasteiger charge is 2.41. The molecule has 0 heterocycles. The minimum atomic E-state index is -2.04. The summed E-state index contributed by atoms with van der Waals surface area (Å²) in [5.41, 5.74) is 0.572. The Morgan fingerprint density at radius 1 is 1.08 bits per heavy atom. The molecule has 2 rings (SSSR count). The number of halogens is 4. The first-order valence-corrected chi connectivity index (χ1v) is 9.71. The van der Waals surface area contributed by atoms with Gasteiger partial charge in [-0.05, 0) is 49.0 Å². The van der Waals surface area contributed by atoms with Crippen LogP contribution in [0.25, 0.3) is 0 Å². The minimum Gasteiger partial charge on any atom is -0.244 e. The minimum absolute atomic E-state index is 0.0659. The van der Waals surface area contributed by atoms with Crippen molar-refractivity contribution in [1.29, 1.82) is 0 Å². The average molecular weight is 348 g/mol. The van der Waals surface area contributed by atoms with E-state index in [0.29, 0.717) is 24.3 Å². The quantitative estimate of drug-likeness (QED) is 0.433. The van der Waals surface area contributed by atoms with Crippen LogP contribution >= 0.6 is 0 Å². The van der Waals surface area contributed by atoms with Crippen molar-refractivity contribution in [3.05, 3.63) is 11.4 Å². The third-order valence-corrected chi connectivity index (χ3v) is 5.93. The fourth-order valence-electron chi connectivity index (χ4n) is 4.46. The van der Waals surface area contributed by atoms with Gasteiger partial charge in [0.2, 0.25) is 0 Å². The standard InChI is InChI=1S/C20H32F4/c1-3-5-13(2)6-4-7-14-8-9-16(17(21)10-14)15-11-18(22)20(24)19(23)12-15/h13-15,18-20H,3-12H2,1-2H3. The molecule has 0 radical (unpaired) electrons. The number of hydrogen-bond donors (Lipinski definition) is 0. The zero-order valence-electron chi connectivity index (χ0n) is 15.0. The van der Waals surface area contributed by atoms with Crippen LogP contribution in [0, 0.1) is 17.8 Å². The van der Waals surface area contributed by atoms with Crippen LogP contribution in [0.15, 0.2) is 11.4 Å². The normalized spacial score (nSPS) is 36.0. The summed E-state index contributed by atoms with van der Waals surface area (Å²) in [6, 6.07) is 0. The first-order valence-electron chi connectivity index (χ1n) is 9.71. The SMILES string of the molecule is CCCC(C)CCCC1CCC(C2CC(F)C(F)C(F)C2)=C(F)C1. The lowest BCUT2D eigenvalue weighted by atomic mass is 9.74. The van der Waals surface area contributed by atoms with E-state index in [2.05, 4.69) is 13.8 Å². The van der Waals surface area contributed by atoms with E-state index < -0.39 is 24.4 Å². The van der Waals surface area contributed by atoms with Crippen LogP contribution in [0.1, 0.15) is 78.1 Å². The van der Waals surface area contributed by atoms with Crippen molar-refractivity contribution in [1.82, 2.24) is 0 Å². The molecule has 0 N–H and O–H groups in total. The molecule has 2 aliphatic rings. The van der Waals surface area contributed by atoms with Gasteiger partial charge in [-0.25, -0.2) is 17.6 Å². The Hall–Kier alpha value is -0.540. The molecule has 4 unspecified atom stereocenters. The van der Waals surface area contributed by atoms with Gasteiger partial charge in [0.1, 0.15) is 12.3 Å². The first-order chi connectivity index (χ1) is 11.4. The van der Waals surface area contributed by atoms with Gasteiger partial charge in [-0.15, -0.1) is 0 Å². The lowest BCUT2D eigenvalue weighted by Gasteiger charge is -2.34. The van der Waals surface area contributed by atoms with Gasteiger partial charge in [-0.3, -0.25) is 0 Å². The zero-order valence-corrected chi connectivity index (χ0v) is 15.0. The Morgan fingerprint density at radius 2 is 1.75 bits per heavy atom. The molecule has 0 nitrogen and oxygen atoms in total. The summed E-state index contributed by atoms with van der Waals surface area (Å²) in [7, 11) is 0. The van der Waals surface area contributed by atoms with Crippen molar-refractivity contribution in [2.24, 2.45) is 17.8 Å². The fourth-order valence-corrected chi connectivity index (χ4v) is 4.46. The maximum atomic E-state index is 14.5. The first kappa shape index (κ1) is 19.8. The third kappa shape index (κ3) is 5.23. The number of allylic oxidation sites excluding steroid dienone is 2. The molecular weight excluding hydrogens is 316 g/mol. The molecule has 24 heavy (non-hydrogen) atoms. The van der Waals surface area contributed by atoms with Crippen molar-refractivity contribution >= 4 is 0 Å². The highest BCUT2D eigenvalue weighted by Crippen LogP contribution is 2.43. The van der Waals surface area contributed by atoms with Gasteiger partial charge in [0.25, 0.3) is 0 Å². The van der Waals surface area contributed by atoms with Crippen molar-refractivity contribution in [2.75, 3.05) is 0 Å². The van der Waals surface area contributed by atoms with Gasteiger partial charge in [0, 0.05) is 6.42 Å². The molecule has 2 aliphatic carbocycles. The maximum Gasteiger partial charge on any atom is 0.162 e. The largest absolute Gasteiger partial charge is 0.244 e. The molecule has 0 spiro atoms. The topological polar surface area (TPSA) is 0 Å². The van der Waals surface area contributed by atoms with Crippen molar-refractivity contribution in [3.8, 4) is 0 Å². The van der Waals surface area contributed by atoms with Gasteiger partial charge in [0.15, 0.2) is 6.17 Å². The van der Waals surface area contributed by atoms with Gasteiger partial charge in [0.05, 0.1) is 5.83 Å². The molecule has 4 atom stereocenters. The van der Waals surface area contributed by atoms with E-state index in [1.54, 1.807) is 0 Å². The lowest BCUT2D eigenvalue weighted by Crippen LogP contribution is -2.38. The fraction of sp³-hybridized carbons (Fsp3) is 0.900. The van der Waals surface area contributed by atoms with E-state index in [9.17, 15) is 17.6 Å². The van der Waals surface area contributed by atoms with Gasteiger partial charge in [-0.2, -0.15) is 0 Å². The Labute approximate surface area is 144 Å². The second-order valence-electron chi connectivity index (χ2n) is 8.01. The molecule has 4 heteroatoms. The number of alkyl halides is 3. The highest BCUT2D eigenvalue weighted by atomic mass is 19.2. The van der Waals surface area contributed by atoms with E-state index in [-0.39, 0.29) is 18.7 Å². The van der Waals surface area contributed by atoms with Crippen LogP contribution in [0.2, 0.25) is 0 Å². The maximum absolute atomic E-state index is 14.5. The Balaban J connectivity index is 1.83. The molecule has 1 saturated carbocycles. The van der Waals surface area contributed by atoms with Gasteiger partial charge in [-0.1, -0.05) is 46.0 Å². The summed E-state index contributed by atoms with van der Waals surface area (Å²) in [5, 5.41) is 0. The summed E-state index contributed by atoms with van der Waals surface area (Å²) in [6.45, 7) is 4.46. The molecule has 0 bridgehead atoms. The summed E-state index contributed by atoms with van der Waals surface area (Å²) in [4.78, 5) is 0. The molecule has 0 aromatic carbocycles. The second-order valence-corrected chi connectivity index (χ2v) is 8.01. The predicted molar refractivity (Wildman–Crippen MR) is 90.8 cm³/mol. The molecular formula is C20H32F4. The van der Waals surface area contributed by atoms with Crippen molar-refractivity contribution in [2.45, 2.75) is 96.6 Å². The van der Waals surface area contributed by atoms with E-state index in [4.69, 9.17) is 0 Å². The monoisotopic (exact) mass is 348 g/mol. The van der Waals surface area contributed by atoms with Crippen LogP contribution in [-0.4, -0.2) is 18.5 Å². The molecule has 0 saturated heterocycles. The smallest absolute Gasteiger partial charge is 0.162 e. The van der Waals surface area contributed by atoms with Gasteiger partial charge < -0.3 is 0 Å². The summed E-state index contributed by atoms with van der Waals surface area (Å²) in [6.07, 6.45) is 1.93. The molecule has 0 aromatic heterocycles. The third-order valence-electron chi connectivity index (χ3n) is 5.93. The molecule has 0 aromatic rings. The highest BCUT2D eigenvalue weighted by molar-refractivity contribution is 5.18. The van der Waals surface area contributed by atoms with Crippen LogP contribution < -0.4 is 0 Å². The van der Waals surface area contributed by atoms with E-state index in [0.717, 1.165) is 25.2 Å². The Bertz CT molecular complexity index is 408. The zero-order chi connectivity index (χ0) is 17.7. The van der Waals surface area contributed by atoms with E-state index in [1.807, 2.05) is 0 Å². The molecule has 140 valence electrons. The van der Waals surface area contributed by atoms with Crippen molar-refractivity contribution < 1.29 is 17.6 Å². The van der Waals surface area contributed by atoms with Crippen LogP contribution in [0.4, 0.5) is 17.6 Å². The van der Waals surface area contributed by atoms with Crippen LogP contribution in [0.5, 0.6) is 0 Å². The molecule has 1 fully saturated rings. The number of hydrogen-bond acceptors (Lipinski definition) is 0. The van der Waals surface area contributed by atoms with E-state index >= 15 is 0 Å². The second kappa shape index (κ2) is 9.24. The summed E-state index contributed by atoms with van der Waals surface area (Å²) >= 11 is 0. The average Bonchev–Trinajstić information content (AvgIpc) is 2.52. The summed E-state index contributed by atoms with van der Waals surface area (Å²) < 4.78 is 54.9. The summed E-state index contributed by atoms with van der Waals surface area (Å²) in [5.74, 6) is 0.456. The van der Waals surface area contributed by atoms with E-state index in [1.165, 1.54) is 19.3 Å². The lowest BCUT2D eigenvalue weighted by molar-refractivity contribution is 0.0238. The van der Waals surface area contributed by atoms with Crippen LogP contribution in [0.3, 0.4) is 0 Å². The Morgan fingerprint density at radius 3 is 2.33 bits per heavy atom. The van der Waals surface area contributed by atoms with Gasteiger partial charge >= 0.3 is 0 Å². The number of rotatable bonds is 7. The molecule has 0 amide bonds.